The van der Waals surface area contributed by atoms with Gasteiger partial charge in [0, 0.05) is 36.6 Å². The second-order valence-corrected chi connectivity index (χ2v) is 8.52. The first-order chi connectivity index (χ1) is 15.6. The first-order valence-electron chi connectivity index (χ1n) is 11.4. The van der Waals surface area contributed by atoms with Crippen molar-refractivity contribution >= 4 is 0 Å². The third kappa shape index (κ3) is 3.48. The second-order valence-electron chi connectivity index (χ2n) is 8.52. The van der Waals surface area contributed by atoms with Gasteiger partial charge >= 0.3 is 0 Å². The quantitative estimate of drug-likeness (QED) is 0.658. The molecule has 0 amide bonds. The fourth-order valence-corrected chi connectivity index (χ4v) is 5.22. The summed E-state index contributed by atoms with van der Waals surface area (Å²) in [4.78, 5) is 2.45. The van der Waals surface area contributed by atoms with Crippen molar-refractivity contribution in [2.45, 2.75) is 38.8 Å². The van der Waals surface area contributed by atoms with Gasteiger partial charge in [-0.25, -0.2) is 0 Å². The summed E-state index contributed by atoms with van der Waals surface area (Å²) in [7, 11) is 3.32. The highest BCUT2D eigenvalue weighted by atomic mass is 16.7. The van der Waals surface area contributed by atoms with E-state index in [9.17, 15) is 0 Å². The molecule has 3 aliphatic heterocycles. The molecule has 32 heavy (non-hydrogen) atoms. The molecule has 0 aliphatic carbocycles. The Balaban J connectivity index is 1.64. The van der Waals surface area contributed by atoms with E-state index in [4.69, 9.17) is 28.4 Å². The Labute approximate surface area is 189 Å². The molecule has 7 nitrogen and oxygen atoms in total. The van der Waals surface area contributed by atoms with E-state index in [0.717, 1.165) is 41.5 Å². The summed E-state index contributed by atoms with van der Waals surface area (Å²) in [6.07, 6.45) is 2.39. The van der Waals surface area contributed by atoms with Crippen LogP contribution in [-0.2, 0) is 0 Å². The van der Waals surface area contributed by atoms with Crippen molar-refractivity contribution in [1.82, 2.24) is 4.90 Å². The Kier molecular flexibility index (Phi) is 5.67. The maximum absolute atomic E-state index is 6.58. The predicted molar refractivity (Wildman–Crippen MR) is 120 cm³/mol. The van der Waals surface area contributed by atoms with Gasteiger partial charge in [-0.2, -0.15) is 0 Å². The molecular formula is C25H31NO6. The van der Waals surface area contributed by atoms with Crippen LogP contribution in [0, 0.1) is 5.92 Å². The Morgan fingerprint density at radius 3 is 2.22 bits per heavy atom. The van der Waals surface area contributed by atoms with E-state index in [-0.39, 0.29) is 24.9 Å². The molecule has 3 aliphatic rings. The molecule has 2 aromatic rings. The van der Waals surface area contributed by atoms with Crippen LogP contribution in [-0.4, -0.2) is 51.8 Å². The van der Waals surface area contributed by atoms with Gasteiger partial charge in [0.05, 0.1) is 20.8 Å². The first kappa shape index (κ1) is 21.1. The standard InChI is InChI=1S/C25H31NO6/c1-5-29-24-21(27-3)10-16(11-22(24)28-4)23-15(2)25(26-8-6-7-9-26)32-18-13-20-19(12-17(18)23)30-14-31-20/h10-13,15,23,25H,5-9,14H2,1-4H3. The van der Waals surface area contributed by atoms with Gasteiger partial charge in [0.15, 0.2) is 29.2 Å². The number of benzene rings is 2. The molecule has 172 valence electrons. The van der Waals surface area contributed by atoms with E-state index < -0.39 is 0 Å². The molecule has 0 N–H and O–H groups in total. The topological polar surface area (TPSA) is 58.6 Å². The summed E-state index contributed by atoms with van der Waals surface area (Å²) in [6.45, 7) is 7.08. The molecule has 1 fully saturated rings. The third-order valence-electron chi connectivity index (χ3n) is 6.69. The van der Waals surface area contributed by atoms with Crippen molar-refractivity contribution in [3.05, 3.63) is 35.4 Å². The van der Waals surface area contributed by atoms with E-state index in [2.05, 4.69) is 30.0 Å². The monoisotopic (exact) mass is 441 g/mol. The molecular weight excluding hydrogens is 410 g/mol. The fraction of sp³-hybridized carbons (Fsp3) is 0.520. The second kappa shape index (κ2) is 8.62. The van der Waals surface area contributed by atoms with Gasteiger partial charge in [-0.15, -0.1) is 0 Å². The molecule has 5 rings (SSSR count). The number of hydrogen-bond donors (Lipinski definition) is 0. The van der Waals surface area contributed by atoms with E-state index in [0.29, 0.717) is 23.9 Å². The Morgan fingerprint density at radius 2 is 1.59 bits per heavy atom. The smallest absolute Gasteiger partial charge is 0.231 e. The SMILES string of the molecule is CCOc1c(OC)cc(C2c3cc4c(cc3OC(N3CCCC3)C2C)OCO4)cc1OC. The molecule has 7 heteroatoms. The van der Waals surface area contributed by atoms with Gasteiger partial charge < -0.3 is 28.4 Å². The van der Waals surface area contributed by atoms with Crippen LogP contribution in [0.5, 0.6) is 34.5 Å². The van der Waals surface area contributed by atoms with Gasteiger partial charge in [0.2, 0.25) is 12.5 Å². The lowest BCUT2D eigenvalue weighted by Crippen LogP contribution is -2.46. The third-order valence-corrected chi connectivity index (χ3v) is 6.69. The average Bonchev–Trinajstić information content (AvgIpc) is 3.49. The van der Waals surface area contributed by atoms with Crippen molar-refractivity contribution < 1.29 is 28.4 Å². The van der Waals surface area contributed by atoms with Gasteiger partial charge in [0.1, 0.15) is 5.75 Å². The van der Waals surface area contributed by atoms with Crippen molar-refractivity contribution in [2.75, 3.05) is 40.7 Å². The normalized spacial score (nSPS) is 24.1. The molecule has 3 unspecified atom stereocenters. The molecule has 0 radical (unpaired) electrons. The summed E-state index contributed by atoms with van der Waals surface area (Å²) in [6, 6.07) is 8.17. The van der Waals surface area contributed by atoms with Crippen LogP contribution in [0.4, 0.5) is 0 Å². The fourth-order valence-electron chi connectivity index (χ4n) is 5.22. The van der Waals surface area contributed by atoms with E-state index >= 15 is 0 Å². The molecule has 0 spiro atoms. The highest BCUT2D eigenvalue weighted by Gasteiger charge is 2.42. The largest absolute Gasteiger partial charge is 0.493 e. The van der Waals surface area contributed by atoms with Crippen LogP contribution >= 0.6 is 0 Å². The first-order valence-corrected chi connectivity index (χ1v) is 11.4. The molecule has 0 saturated carbocycles. The Hall–Kier alpha value is -2.80. The summed E-state index contributed by atoms with van der Waals surface area (Å²) in [5.74, 6) is 4.57. The number of likely N-dealkylation sites (tertiary alicyclic amines) is 1. The number of nitrogens with zero attached hydrogens (tertiary/aromatic N) is 1. The lowest BCUT2D eigenvalue weighted by atomic mass is 9.78. The number of fused-ring (bicyclic) bond motifs is 2. The van der Waals surface area contributed by atoms with E-state index in [1.165, 1.54) is 12.8 Å². The summed E-state index contributed by atoms with van der Waals surface area (Å²) in [5.41, 5.74) is 2.19. The summed E-state index contributed by atoms with van der Waals surface area (Å²) in [5, 5.41) is 0. The van der Waals surface area contributed by atoms with Gasteiger partial charge in [0.25, 0.3) is 0 Å². The van der Waals surface area contributed by atoms with Crippen molar-refractivity contribution in [2.24, 2.45) is 5.92 Å². The molecule has 2 aromatic carbocycles. The van der Waals surface area contributed by atoms with Crippen molar-refractivity contribution in [1.29, 1.82) is 0 Å². The number of rotatable bonds is 6. The van der Waals surface area contributed by atoms with Crippen LogP contribution in [0.15, 0.2) is 24.3 Å². The van der Waals surface area contributed by atoms with Crippen LogP contribution in [0.2, 0.25) is 0 Å². The van der Waals surface area contributed by atoms with Gasteiger partial charge in [-0.3, -0.25) is 4.90 Å². The molecule has 0 aromatic heterocycles. The van der Waals surface area contributed by atoms with Crippen LogP contribution in [0.1, 0.15) is 43.7 Å². The minimum atomic E-state index is -0.0149. The minimum absolute atomic E-state index is 0.0149. The minimum Gasteiger partial charge on any atom is -0.493 e. The highest BCUT2D eigenvalue weighted by molar-refractivity contribution is 5.60. The van der Waals surface area contributed by atoms with Crippen molar-refractivity contribution in [3.8, 4) is 34.5 Å². The molecule has 0 bridgehead atoms. The molecule has 1 saturated heterocycles. The number of hydrogen-bond acceptors (Lipinski definition) is 7. The maximum Gasteiger partial charge on any atom is 0.231 e. The van der Waals surface area contributed by atoms with Crippen LogP contribution in [0.3, 0.4) is 0 Å². The summed E-state index contributed by atoms with van der Waals surface area (Å²) >= 11 is 0. The van der Waals surface area contributed by atoms with Crippen molar-refractivity contribution in [3.63, 3.8) is 0 Å². The zero-order valence-electron chi connectivity index (χ0n) is 19.2. The van der Waals surface area contributed by atoms with E-state index in [1.807, 2.05) is 13.0 Å². The zero-order chi connectivity index (χ0) is 22.2. The molecule has 3 atom stereocenters. The number of methoxy groups -OCH3 is 2. The highest BCUT2D eigenvalue weighted by Crippen LogP contribution is 2.52. The van der Waals surface area contributed by atoms with E-state index in [1.54, 1.807) is 14.2 Å². The Bertz CT molecular complexity index is 962. The predicted octanol–water partition coefficient (Wildman–Crippen LogP) is 4.41. The lowest BCUT2D eigenvalue weighted by molar-refractivity contribution is -0.0178. The summed E-state index contributed by atoms with van der Waals surface area (Å²) < 4.78 is 35.2. The van der Waals surface area contributed by atoms with Crippen LogP contribution < -0.4 is 28.4 Å². The lowest BCUT2D eigenvalue weighted by Gasteiger charge is -2.42. The molecule has 3 heterocycles. The zero-order valence-corrected chi connectivity index (χ0v) is 19.2. The average molecular weight is 442 g/mol. The maximum atomic E-state index is 6.58. The Morgan fingerprint density at radius 1 is 0.938 bits per heavy atom. The van der Waals surface area contributed by atoms with Gasteiger partial charge in [-0.05, 0) is 43.5 Å². The number of ether oxygens (including phenoxy) is 6. The van der Waals surface area contributed by atoms with Crippen LogP contribution in [0.25, 0.3) is 0 Å². The van der Waals surface area contributed by atoms with Gasteiger partial charge in [-0.1, -0.05) is 6.92 Å².